The number of nitrogens with two attached hydrogens (primary N) is 2. The van der Waals surface area contributed by atoms with E-state index in [2.05, 4.69) is 10.2 Å². The maximum atomic E-state index is 14.1. The summed E-state index contributed by atoms with van der Waals surface area (Å²) in [6.07, 6.45) is 3.77. The van der Waals surface area contributed by atoms with Crippen molar-refractivity contribution in [2.24, 2.45) is 0 Å². The van der Waals surface area contributed by atoms with Crippen molar-refractivity contribution in [1.29, 1.82) is 0 Å². The monoisotopic (exact) mass is 300 g/mol. The largest absolute Gasteiger partial charge is 0.397 e. The Morgan fingerprint density at radius 3 is 2.60 bits per heavy atom. The predicted molar refractivity (Wildman–Crippen MR) is 83.6 cm³/mol. The first kappa shape index (κ1) is 15.2. The fraction of sp³-hybridized carbons (Fsp3) is 0.571. The number of rotatable bonds is 4. The SMILES string of the molecule is CC(CN1CCCCC1)Nc1c(N)cc(N)c(Cl)c1F. The lowest BCUT2D eigenvalue weighted by Gasteiger charge is -2.30. The molecule has 1 saturated heterocycles. The first-order valence-electron chi connectivity index (χ1n) is 7.01. The molecule has 1 unspecified atom stereocenters. The van der Waals surface area contributed by atoms with Crippen LogP contribution in [0.3, 0.4) is 0 Å². The molecule has 5 N–H and O–H groups in total. The van der Waals surface area contributed by atoms with Gasteiger partial charge < -0.3 is 21.7 Å². The maximum Gasteiger partial charge on any atom is 0.169 e. The molecule has 0 amide bonds. The van der Waals surface area contributed by atoms with E-state index in [-0.39, 0.29) is 28.1 Å². The van der Waals surface area contributed by atoms with Crippen molar-refractivity contribution in [3.05, 3.63) is 16.9 Å². The van der Waals surface area contributed by atoms with Crippen LogP contribution < -0.4 is 16.8 Å². The van der Waals surface area contributed by atoms with E-state index in [4.69, 9.17) is 23.1 Å². The van der Waals surface area contributed by atoms with E-state index in [9.17, 15) is 4.39 Å². The Balaban J connectivity index is 2.03. The van der Waals surface area contributed by atoms with Gasteiger partial charge in [0.2, 0.25) is 0 Å². The summed E-state index contributed by atoms with van der Waals surface area (Å²) in [4.78, 5) is 2.38. The number of piperidine rings is 1. The summed E-state index contributed by atoms with van der Waals surface area (Å²) in [5.74, 6) is -0.574. The van der Waals surface area contributed by atoms with Crippen LogP contribution in [0.4, 0.5) is 21.5 Å². The van der Waals surface area contributed by atoms with Crippen LogP contribution in [0.2, 0.25) is 5.02 Å². The molecule has 2 rings (SSSR count). The summed E-state index contributed by atoms with van der Waals surface area (Å²) in [6, 6.07) is 1.58. The van der Waals surface area contributed by atoms with Gasteiger partial charge in [0.25, 0.3) is 0 Å². The fourth-order valence-electron chi connectivity index (χ4n) is 2.63. The van der Waals surface area contributed by atoms with E-state index < -0.39 is 5.82 Å². The first-order chi connectivity index (χ1) is 9.49. The Morgan fingerprint density at radius 1 is 1.30 bits per heavy atom. The van der Waals surface area contributed by atoms with Gasteiger partial charge in [-0.05, 0) is 38.9 Å². The Kier molecular flexibility index (Phi) is 4.94. The number of likely N-dealkylation sites (tertiary alicyclic amines) is 1. The van der Waals surface area contributed by atoms with Crippen LogP contribution in [0.25, 0.3) is 0 Å². The average molecular weight is 301 g/mol. The highest BCUT2D eigenvalue weighted by molar-refractivity contribution is 6.33. The highest BCUT2D eigenvalue weighted by Gasteiger charge is 2.18. The molecule has 20 heavy (non-hydrogen) atoms. The lowest BCUT2D eigenvalue weighted by molar-refractivity contribution is 0.223. The van der Waals surface area contributed by atoms with E-state index >= 15 is 0 Å². The number of anilines is 3. The minimum absolute atomic E-state index is 0.0770. The van der Waals surface area contributed by atoms with Crippen LogP contribution in [-0.2, 0) is 0 Å². The summed E-state index contributed by atoms with van der Waals surface area (Å²) < 4.78 is 14.1. The Labute approximate surface area is 124 Å². The van der Waals surface area contributed by atoms with Crippen LogP contribution in [-0.4, -0.2) is 30.6 Å². The second kappa shape index (κ2) is 6.50. The molecule has 1 aliphatic rings. The molecule has 1 heterocycles. The van der Waals surface area contributed by atoms with Gasteiger partial charge >= 0.3 is 0 Å². The number of nitrogen functional groups attached to an aromatic ring is 2. The normalized spacial score (nSPS) is 17.9. The van der Waals surface area contributed by atoms with E-state index in [1.165, 1.54) is 25.3 Å². The van der Waals surface area contributed by atoms with Crippen LogP contribution in [0.15, 0.2) is 6.07 Å². The molecule has 0 aliphatic carbocycles. The molecule has 4 nitrogen and oxygen atoms in total. The summed E-state index contributed by atoms with van der Waals surface area (Å²) in [5.41, 5.74) is 12.1. The average Bonchev–Trinajstić information content (AvgIpc) is 2.42. The number of nitrogens with zero attached hydrogens (tertiary/aromatic N) is 1. The number of hydrogen-bond donors (Lipinski definition) is 3. The second-order valence-electron chi connectivity index (χ2n) is 5.46. The fourth-order valence-corrected chi connectivity index (χ4v) is 2.78. The molecule has 0 bridgehead atoms. The van der Waals surface area contributed by atoms with Gasteiger partial charge in [-0.1, -0.05) is 18.0 Å². The molecule has 1 aromatic rings. The van der Waals surface area contributed by atoms with Gasteiger partial charge in [0.15, 0.2) is 5.82 Å². The van der Waals surface area contributed by atoms with Crippen molar-refractivity contribution in [2.75, 3.05) is 36.4 Å². The molecule has 112 valence electrons. The summed E-state index contributed by atoms with van der Waals surface area (Å²) >= 11 is 5.82. The summed E-state index contributed by atoms with van der Waals surface area (Å²) in [5, 5.41) is 3.04. The van der Waals surface area contributed by atoms with Gasteiger partial charge in [-0.15, -0.1) is 0 Å². The van der Waals surface area contributed by atoms with Crippen molar-refractivity contribution in [3.8, 4) is 0 Å². The summed E-state index contributed by atoms with van der Waals surface area (Å²) in [6.45, 7) is 5.08. The lowest BCUT2D eigenvalue weighted by atomic mass is 10.1. The number of nitrogens with one attached hydrogen (secondary N) is 1. The third-order valence-corrected chi connectivity index (χ3v) is 4.02. The Hall–Kier alpha value is -1.20. The van der Waals surface area contributed by atoms with Crippen LogP contribution >= 0.6 is 11.6 Å². The minimum Gasteiger partial charge on any atom is -0.397 e. The molecule has 1 fully saturated rings. The topological polar surface area (TPSA) is 67.3 Å². The minimum atomic E-state index is -0.574. The molecular weight excluding hydrogens is 279 g/mol. The summed E-state index contributed by atoms with van der Waals surface area (Å²) in [7, 11) is 0. The van der Waals surface area contributed by atoms with Crippen LogP contribution in [0.5, 0.6) is 0 Å². The number of hydrogen-bond acceptors (Lipinski definition) is 4. The van der Waals surface area contributed by atoms with Crippen LogP contribution in [0, 0.1) is 5.82 Å². The first-order valence-corrected chi connectivity index (χ1v) is 7.38. The zero-order valence-corrected chi connectivity index (χ0v) is 12.5. The highest BCUT2D eigenvalue weighted by atomic mass is 35.5. The Bertz CT molecular complexity index is 475. The van der Waals surface area contributed by atoms with Crippen LogP contribution in [0.1, 0.15) is 26.2 Å². The third kappa shape index (κ3) is 3.46. The van der Waals surface area contributed by atoms with Crippen molar-refractivity contribution < 1.29 is 4.39 Å². The number of halogens is 2. The van der Waals surface area contributed by atoms with Gasteiger partial charge in [0.05, 0.1) is 17.1 Å². The van der Waals surface area contributed by atoms with Gasteiger partial charge in [-0.2, -0.15) is 0 Å². The third-order valence-electron chi connectivity index (χ3n) is 3.64. The standard InChI is InChI=1S/C14H22ClFN4/c1-9(8-20-5-3-2-4-6-20)19-14-11(18)7-10(17)12(15)13(14)16/h7,9,19H,2-6,8,17-18H2,1H3. The van der Waals surface area contributed by atoms with Crippen molar-refractivity contribution in [2.45, 2.75) is 32.2 Å². The van der Waals surface area contributed by atoms with Crippen molar-refractivity contribution in [1.82, 2.24) is 4.90 Å². The van der Waals surface area contributed by atoms with Gasteiger partial charge in [0, 0.05) is 12.6 Å². The van der Waals surface area contributed by atoms with Crippen molar-refractivity contribution in [3.63, 3.8) is 0 Å². The van der Waals surface area contributed by atoms with E-state index in [0.29, 0.717) is 0 Å². The molecule has 1 aliphatic heterocycles. The lowest BCUT2D eigenvalue weighted by Crippen LogP contribution is -2.38. The maximum absolute atomic E-state index is 14.1. The van der Waals surface area contributed by atoms with Gasteiger partial charge in [-0.3, -0.25) is 0 Å². The second-order valence-corrected chi connectivity index (χ2v) is 5.84. The molecule has 6 heteroatoms. The zero-order valence-electron chi connectivity index (χ0n) is 11.8. The van der Waals surface area contributed by atoms with Crippen molar-refractivity contribution >= 4 is 28.7 Å². The molecule has 1 aromatic carbocycles. The molecular formula is C14H22ClFN4. The quantitative estimate of drug-likeness (QED) is 0.748. The van der Waals surface area contributed by atoms with E-state index in [1.807, 2.05) is 6.92 Å². The Morgan fingerprint density at radius 2 is 1.95 bits per heavy atom. The van der Waals surface area contributed by atoms with E-state index in [1.54, 1.807) is 0 Å². The molecule has 0 aromatic heterocycles. The smallest absolute Gasteiger partial charge is 0.169 e. The highest BCUT2D eigenvalue weighted by Crippen LogP contribution is 2.34. The molecule has 1 atom stereocenters. The molecule has 0 radical (unpaired) electrons. The molecule has 0 spiro atoms. The number of benzene rings is 1. The zero-order chi connectivity index (χ0) is 14.7. The van der Waals surface area contributed by atoms with Gasteiger partial charge in [0.1, 0.15) is 5.02 Å². The van der Waals surface area contributed by atoms with Gasteiger partial charge in [-0.25, -0.2) is 4.39 Å². The van der Waals surface area contributed by atoms with E-state index in [0.717, 1.165) is 19.6 Å². The predicted octanol–water partition coefficient (Wildman–Crippen LogP) is 2.93. The molecule has 0 saturated carbocycles.